The van der Waals surface area contributed by atoms with E-state index in [1.54, 1.807) is 18.2 Å². The Morgan fingerprint density at radius 2 is 2.27 bits per heavy atom. The van der Waals surface area contributed by atoms with E-state index in [-0.39, 0.29) is 5.35 Å². The Hall–Kier alpha value is -1.22. The van der Waals surface area contributed by atoms with Crippen LogP contribution in [0.4, 0.5) is 5.69 Å². The third kappa shape index (κ3) is 0.935. The van der Waals surface area contributed by atoms with Crippen LogP contribution in [0.25, 0.3) is 11.1 Å². The monoisotopic (exact) mass is 168 g/mol. The summed E-state index contributed by atoms with van der Waals surface area (Å²) >= 11 is 5.52. The number of nitrogens with two attached hydrogens (primary N) is 1. The molecule has 0 aliphatic heterocycles. The molecule has 2 rings (SSSR count). The normalized spacial score (nSPS) is 10.6. The molecule has 0 aliphatic rings. The van der Waals surface area contributed by atoms with Crippen LogP contribution in [0.1, 0.15) is 0 Å². The minimum atomic E-state index is 0.123. The number of para-hydroxylation sites is 1. The molecule has 1 aromatic heterocycles. The SMILES string of the molecule is Nc1cccc2nc(Cl)oc12. The molecule has 2 N–H and O–H groups in total. The number of nitrogens with zero attached hydrogens (tertiary/aromatic N) is 1. The van der Waals surface area contributed by atoms with Crippen molar-refractivity contribution in [3.05, 3.63) is 23.5 Å². The fourth-order valence-electron chi connectivity index (χ4n) is 0.943. The average molecular weight is 169 g/mol. The van der Waals surface area contributed by atoms with Gasteiger partial charge in [-0.2, -0.15) is 4.98 Å². The van der Waals surface area contributed by atoms with Gasteiger partial charge in [0.15, 0.2) is 5.58 Å². The molecule has 0 unspecified atom stereocenters. The number of halogens is 1. The highest BCUT2D eigenvalue weighted by Gasteiger charge is 2.04. The van der Waals surface area contributed by atoms with Crippen molar-refractivity contribution in [3.63, 3.8) is 0 Å². The van der Waals surface area contributed by atoms with Gasteiger partial charge in [-0.15, -0.1) is 0 Å². The van der Waals surface area contributed by atoms with Crippen molar-refractivity contribution in [2.75, 3.05) is 5.73 Å². The minimum absolute atomic E-state index is 0.123. The fourth-order valence-corrected chi connectivity index (χ4v) is 1.11. The van der Waals surface area contributed by atoms with Crippen LogP contribution in [0.2, 0.25) is 5.35 Å². The summed E-state index contributed by atoms with van der Waals surface area (Å²) in [6.45, 7) is 0. The molecule has 0 fully saturated rings. The summed E-state index contributed by atoms with van der Waals surface area (Å²) < 4.78 is 5.03. The first-order valence-electron chi connectivity index (χ1n) is 3.08. The molecule has 0 saturated heterocycles. The first-order valence-corrected chi connectivity index (χ1v) is 3.46. The lowest BCUT2D eigenvalue weighted by atomic mass is 10.3. The molecule has 56 valence electrons. The Labute approximate surface area is 67.8 Å². The smallest absolute Gasteiger partial charge is 0.293 e. The number of hydrogen-bond acceptors (Lipinski definition) is 3. The van der Waals surface area contributed by atoms with Gasteiger partial charge in [-0.25, -0.2) is 0 Å². The Kier molecular flexibility index (Phi) is 1.26. The van der Waals surface area contributed by atoms with Crippen LogP contribution in [0.3, 0.4) is 0 Å². The van der Waals surface area contributed by atoms with Gasteiger partial charge in [0.2, 0.25) is 0 Å². The van der Waals surface area contributed by atoms with Gasteiger partial charge >= 0.3 is 0 Å². The molecule has 1 heterocycles. The van der Waals surface area contributed by atoms with Crippen molar-refractivity contribution in [2.45, 2.75) is 0 Å². The largest absolute Gasteiger partial charge is 0.425 e. The van der Waals surface area contributed by atoms with Gasteiger partial charge in [-0.05, 0) is 23.7 Å². The summed E-state index contributed by atoms with van der Waals surface area (Å²) in [5, 5.41) is 0.123. The maximum atomic E-state index is 5.58. The summed E-state index contributed by atoms with van der Waals surface area (Å²) in [6, 6.07) is 5.33. The molecule has 1 aromatic carbocycles. The predicted octanol–water partition coefficient (Wildman–Crippen LogP) is 2.06. The number of rotatable bonds is 0. The lowest BCUT2D eigenvalue weighted by Gasteiger charge is -1.89. The van der Waals surface area contributed by atoms with Gasteiger partial charge in [0.25, 0.3) is 5.35 Å². The molecule has 0 bridgehead atoms. The standard InChI is InChI=1S/C7H5ClN2O/c8-7-10-5-3-1-2-4(9)6(5)11-7/h1-3H,9H2. The zero-order chi connectivity index (χ0) is 7.84. The molecule has 0 amide bonds. The molecular formula is C7H5ClN2O. The predicted molar refractivity (Wildman–Crippen MR) is 43.4 cm³/mol. The van der Waals surface area contributed by atoms with E-state index >= 15 is 0 Å². The molecule has 11 heavy (non-hydrogen) atoms. The molecular weight excluding hydrogens is 164 g/mol. The summed E-state index contributed by atoms with van der Waals surface area (Å²) in [5.41, 5.74) is 7.38. The lowest BCUT2D eigenvalue weighted by molar-refractivity contribution is 0.606. The highest BCUT2D eigenvalue weighted by molar-refractivity contribution is 6.28. The van der Waals surface area contributed by atoms with Crippen LogP contribution in [0.5, 0.6) is 0 Å². The summed E-state index contributed by atoms with van der Waals surface area (Å²) in [6.07, 6.45) is 0. The molecule has 0 saturated carbocycles. The Balaban J connectivity index is 2.90. The number of nitrogen functional groups attached to an aromatic ring is 1. The van der Waals surface area contributed by atoms with Gasteiger partial charge < -0.3 is 10.2 Å². The minimum Gasteiger partial charge on any atom is -0.425 e. The maximum absolute atomic E-state index is 5.58. The zero-order valence-corrected chi connectivity index (χ0v) is 6.30. The average Bonchev–Trinajstić information content (AvgIpc) is 2.31. The number of fused-ring (bicyclic) bond motifs is 1. The third-order valence-electron chi connectivity index (χ3n) is 1.42. The van der Waals surface area contributed by atoms with Crippen molar-refractivity contribution in [2.24, 2.45) is 0 Å². The van der Waals surface area contributed by atoms with Gasteiger partial charge in [-0.1, -0.05) is 6.07 Å². The summed E-state index contributed by atoms with van der Waals surface area (Å²) in [7, 11) is 0. The van der Waals surface area contributed by atoms with E-state index < -0.39 is 0 Å². The molecule has 0 spiro atoms. The zero-order valence-electron chi connectivity index (χ0n) is 5.54. The fraction of sp³-hybridized carbons (Fsp3) is 0. The molecule has 0 atom stereocenters. The van der Waals surface area contributed by atoms with E-state index in [0.717, 1.165) is 0 Å². The Morgan fingerprint density at radius 1 is 1.45 bits per heavy atom. The van der Waals surface area contributed by atoms with E-state index in [2.05, 4.69) is 4.98 Å². The van der Waals surface area contributed by atoms with Gasteiger partial charge in [0.05, 0.1) is 5.69 Å². The maximum Gasteiger partial charge on any atom is 0.293 e. The van der Waals surface area contributed by atoms with Crippen LogP contribution >= 0.6 is 11.6 Å². The Bertz CT molecular complexity index is 396. The second-order valence-electron chi connectivity index (χ2n) is 2.16. The van der Waals surface area contributed by atoms with Gasteiger partial charge in [0.1, 0.15) is 5.52 Å². The van der Waals surface area contributed by atoms with Crippen molar-refractivity contribution in [1.29, 1.82) is 0 Å². The van der Waals surface area contributed by atoms with Crippen LogP contribution < -0.4 is 5.73 Å². The molecule has 3 nitrogen and oxygen atoms in total. The van der Waals surface area contributed by atoms with Crippen LogP contribution in [0, 0.1) is 0 Å². The number of oxazole rings is 1. The van der Waals surface area contributed by atoms with E-state index in [0.29, 0.717) is 16.8 Å². The van der Waals surface area contributed by atoms with Crippen molar-refractivity contribution < 1.29 is 4.42 Å². The van der Waals surface area contributed by atoms with Crippen molar-refractivity contribution in [3.8, 4) is 0 Å². The van der Waals surface area contributed by atoms with Gasteiger partial charge in [0, 0.05) is 0 Å². The highest BCUT2D eigenvalue weighted by Crippen LogP contribution is 2.23. The number of benzene rings is 1. The second kappa shape index (κ2) is 2.13. The third-order valence-corrected chi connectivity index (χ3v) is 1.58. The first-order chi connectivity index (χ1) is 5.27. The summed E-state index contributed by atoms with van der Waals surface area (Å²) in [5.74, 6) is 0. The number of aromatic nitrogens is 1. The van der Waals surface area contributed by atoms with Gasteiger partial charge in [-0.3, -0.25) is 0 Å². The van der Waals surface area contributed by atoms with E-state index in [4.69, 9.17) is 21.8 Å². The van der Waals surface area contributed by atoms with Crippen LogP contribution in [-0.4, -0.2) is 4.98 Å². The second-order valence-corrected chi connectivity index (χ2v) is 2.49. The highest BCUT2D eigenvalue weighted by atomic mass is 35.5. The topological polar surface area (TPSA) is 52.0 Å². The molecule has 4 heteroatoms. The van der Waals surface area contributed by atoms with E-state index in [1.165, 1.54) is 0 Å². The molecule has 0 aliphatic carbocycles. The Morgan fingerprint density at radius 3 is 3.00 bits per heavy atom. The number of anilines is 1. The first kappa shape index (κ1) is 6.49. The molecule has 0 radical (unpaired) electrons. The molecule has 2 aromatic rings. The van der Waals surface area contributed by atoms with Crippen molar-refractivity contribution >= 4 is 28.4 Å². The quantitative estimate of drug-likeness (QED) is 0.613. The number of hydrogen-bond donors (Lipinski definition) is 1. The van der Waals surface area contributed by atoms with E-state index in [9.17, 15) is 0 Å². The summed E-state index contributed by atoms with van der Waals surface area (Å²) in [4.78, 5) is 3.89. The van der Waals surface area contributed by atoms with Crippen LogP contribution in [0.15, 0.2) is 22.6 Å². The van der Waals surface area contributed by atoms with E-state index in [1.807, 2.05) is 0 Å². The van der Waals surface area contributed by atoms with Crippen molar-refractivity contribution in [1.82, 2.24) is 4.98 Å². The van der Waals surface area contributed by atoms with Crippen LogP contribution in [-0.2, 0) is 0 Å². The lowest BCUT2D eigenvalue weighted by Crippen LogP contribution is -1.82.